The fourth-order valence-corrected chi connectivity index (χ4v) is 2.16. The van der Waals surface area contributed by atoms with Crippen molar-refractivity contribution in [1.82, 2.24) is 14.8 Å². The number of nitrogens with zero attached hydrogens (tertiary/aromatic N) is 3. The topological polar surface area (TPSA) is 59.8 Å². The molecule has 0 aliphatic carbocycles. The summed E-state index contributed by atoms with van der Waals surface area (Å²) in [6.45, 7) is 0. The zero-order valence-electron chi connectivity index (χ0n) is 11.6. The minimum absolute atomic E-state index is 0.0733. The Morgan fingerprint density at radius 1 is 1.09 bits per heavy atom. The van der Waals surface area contributed by atoms with Gasteiger partial charge in [0.15, 0.2) is 0 Å². The molecule has 5 nitrogen and oxygen atoms in total. The molecule has 0 unspecified atom stereocenters. The summed E-state index contributed by atoms with van der Waals surface area (Å²) in [6, 6.07) is 14.6. The molecule has 0 aliphatic heterocycles. The Hall–Kier alpha value is -2.66. The molecule has 3 aromatic rings. The predicted octanol–water partition coefficient (Wildman–Crippen LogP) is 3.10. The molecule has 2 aromatic carbocycles. The summed E-state index contributed by atoms with van der Waals surface area (Å²) in [5, 5.41) is 7.57. The summed E-state index contributed by atoms with van der Waals surface area (Å²) >= 11 is 5.82. The Bertz CT molecular complexity index is 752. The number of carbonyl (C=O) groups is 1. The van der Waals surface area contributed by atoms with Gasteiger partial charge >= 0.3 is 0 Å². The highest BCUT2D eigenvalue weighted by Gasteiger charge is 2.05. The first-order valence-corrected chi connectivity index (χ1v) is 7.08. The number of hydrogen-bond donors (Lipinski definition) is 1. The molecule has 1 aromatic heterocycles. The van der Waals surface area contributed by atoms with E-state index in [9.17, 15) is 4.79 Å². The molecule has 0 saturated carbocycles. The molecule has 1 amide bonds. The lowest BCUT2D eigenvalue weighted by atomic mass is 10.1. The van der Waals surface area contributed by atoms with Crippen molar-refractivity contribution in [2.45, 2.75) is 6.42 Å². The maximum absolute atomic E-state index is 12.0. The fraction of sp³-hybridized carbons (Fsp3) is 0.0625. The summed E-state index contributed by atoms with van der Waals surface area (Å²) in [7, 11) is 0. The van der Waals surface area contributed by atoms with Crippen LogP contribution in [-0.4, -0.2) is 20.7 Å². The van der Waals surface area contributed by atoms with E-state index in [2.05, 4.69) is 15.4 Å². The van der Waals surface area contributed by atoms with Crippen LogP contribution >= 0.6 is 11.6 Å². The number of anilines is 1. The zero-order chi connectivity index (χ0) is 15.4. The van der Waals surface area contributed by atoms with Gasteiger partial charge in [0.05, 0.1) is 12.1 Å². The minimum Gasteiger partial charge on any atom is -0.326 e. The summed E-state index contributed by atoms with van der Waals surface area (Å²) in [6.07, 6.45) is 3.40. The van der Waals surface area contributed by atoms with Gasteiger partial charge in [-0.05, 0) is 42.0 Å². The Morgan fingerprint density at radius 2 is 1.82 bits per heavy atom. The molecule has 0 radical (unpaired) electrons. The summed E-state index contributed by atoms with van der Waals surface area (Å²) in [5.74, 6) is -0.0733. The highest BCUT2D eigenvalue weighted by atomic mass is 35.5. The van der Waals surface area contributed by atoms with Crippen molar-refractivity contribution in [2.24, 2.45) is 0 Å². The molecule has 3 rings (SSSR count). The Morgan fingerprint density at radius 3 is 2.45 bits per heavy atom. The van der Waals surface area contributed by atoms with Crippen LogP contribution in [0.25, 0.3) is 5.69 Å². The number of amides is 1. The third-order valence-electron chi connectivity index (χ3n) is 3.11. The van der Waals surface area contributed by atoms with Crippen LogP contribution in [0, 0.1) is 0 Å². The van der Waals surface area contributed by atoms with Gasteiger partial charge in [-0.25, -0.2) is 9.67 Å². The van der Waals surface area contributed by atoms with Gasteiger partial charge in [-0.15, -0.1) is 0 Å². The van der Waals surface area contributed by atoms with E-state index in [1.54, 1.807) is 23.1 Å². The second-order valence-corrected chi connectivity index (χ2v) is 5.17. The summed E-state index contributed by atoms with van der Waals surface area (Å²) < 4.78 is 1.65. The largest absolute Gasteiger partial charge is 0.326 e. The molecule has 0 aliphatic rings. The molecule has 110 valence electrons. The van der Waals surface area contributed by atoms with Gasteiger partial charge < -0.3 is 5.32 Å². The van der Waals surface area contributed by atoms with Gasteiger partial charge in [0, 0.05) is 10.7 Å². The number of benzene rings is 2. The van der Waals surface area contributed by atoms with Crippen molar-refractivity contribution in [2.75, 3.05) is 5.32 Å². The Balaban J connectivity index is 1.63. The smallest absolute Gasteiger partial charge is 0.228 e. The number of nitrogens with one attached hydrogen (secondary N) is 1. The summed E-state index contributed by atoms with van der Waals surface area (Å²) in [5.41, 5.74) is 2.54. The normalized spacial score (nSPS) is 10.4. The maximum Gasteiger partial charge on any atom is 0.228 e. The first-order valence-electron chi connectivity index (χ1n) is 6.70. The molecule has 1 heterocycles. The van der Waals surface area contributed by atoms with Crippen molar-refractivity contribution in [3.8, 4) is 5.69 Å². The van der Waals surface area contributed by atoms with Crippen molar-refractivity contribution in [1.29, 1.82) is 0 Å². The van der Waals surface area contributed by atoms with Crippen molar-refractivity contribution < 1.29 is 4.79 Å². The third-order valence-corrected chi connectivity index (χ3v) is 3.36. The number of rotatable bonds is 4. The lowest BCUT2D eigenvalue weighted by molar-refractivity contribution is -0.115. The minimum atomic E-state index is -0.0733. The van der Waals surface area contributed by atoms with Crippen molar-refractivity contribution >= 4 is 23.2 Å². The molecule has 0 spiro atoms. The van der Waals surface area contributed by atoms with Crippen LogP contribution in [-0.2, 0) is 11.2 Å². The monoisotopic (exact) mass is 312 g/mol. The van der Waals surface area contributed by atoms with E-state index in [1.165, 1.54) is 6.33 Å². The van der Waals surface area contributed by atoms with E-state index in [4.69, 9.17) is 11.6 Å². The highest BCUT2D eigenvalue weighted by molar-refractivity contribution is 6.30. The second kappa shape index (κ2) is 6.41. The van der Waals surface area contributed by atoms with E-state index in [1.807, 2.05) is 36.4 Å². The molecular formula is C16H13ClN4O. The predicted molar refractivity (Wildman–Crippen MR) is 85.1 cm³/mol. The molecule has 0 fully saturated rings. The van der Waals surface area contributed by atoms with Gasteiger partial charge in [-0.3, -0.25) is 4.79 Å². The van der Waals surface area contributed by atoms with Crippen LogP contribution in [0.1, 0.15) is 5.56 Å². The SMILES string of the molecule is O=C(Cc1ccc(Cl)cc1)Nc1ccc(-n2cncn2)cc1. The van der Waals surface area contributed by atoms with Gasteiger partial charge in [0.1, 0.15) is 12.7 Å². The third kappa shape index (κ3) is 3.51. The lowest BCUT2D eigenvalue weighted by Gasteiger charge is -2.07. The molecule has 6 heteroatoms. The Kier molecular flexibility index (Phi) is 4.16. The van der Waals surface area contributed by atoms with E-state index in [0.29, 0.717) is 11.4 Å². The van der Waals surface area contributed by atoms with E-state index in [-0.39, 0.29) is 5.91 Å². The number of aromatic nitrogens is 3. The van der Waals surface area contributed by atoms with Gasteiger partial charge in [-0.2, -0.15) is 5.10 Å². The maximum atomic E-state index is 12.0. The standard InChI is InChI=1S/C16H13ClN4O/c17-13-3-1-12(2-4-13)9-16(22)20-14-5-7-15(8-6-14)21-11-18-10-19-21/h1-8,10-11H,9H2,(H,20,22). The van der Waals surface area contributed by atoms with Gasteiger partial charge in [0.25, 0.3) is 0 Å². The van der Waals surface area contributed by atoms with Crippen LogP contribution in [0.2, 0.25) is 5.02 Å². The lowest BCUT2D eigenvalue weighted by Crippen LogP contribution is -2.14. The van der Waals surface area contributed by atoms with Gasteiger partial charge in [0.2, 0.25) is 5.91 Å². The van der Waals surface area contributed by atoms with E-state index < -0.39 is 0 Å². The van der Waals surface area contributed by atoms with E-state index in [0.717, 1.165) is 16.9 Å². The number of carbonyl (C=O) groups excluding carboxylic acids is 1. The number of hydrogen-bond acceptors (Lipinski definition) is 3. The van der Waals surface area contributed by atoms with Crippen LogP contribution in [0.5, 0.6) is 0 Å². The second-order valence-electron chi connectivity index (χ2n) is 4.74. The fourth-order valence-electron chi connectivity index (χ4n) is 2.03. The summed E-state index contributed by atoms with van der Waals surface area (Å²) in [4.78, 5) is 15.9. The molecular weight excluding hydrogens is 300 g/mol. The highest BCUT2D eigenvalue weighted by Crippen LogP contribution is 2.14. The molecule has 1 N–H and O–H groups in total. The first kappa shape index (κ1) is 14.3. The molecule has 0 bridgehead atoms. The average molecular weight is 313 g/mol. The number of halogens is 1. The van der Waals surface area contributed by atoms with Crippen LogP contribution in [0.3, 0.4) is 0 Å². The first-order chi connectivity index (χ1) is 10.7. The van der Waals surface area contributed by atoms with E-state index >= 15 is 0 Å². The molecule has 0 atom stereocenters. The molecule has 0 saturated heterocycles. The molecule has 22 heavy (non-hydrogen) atoms. The quantitative estimate of drug-likeness (QED) is 0.805. The van der Waals surface area contributed by atoms with Crippen LogP contribution < -0.4 is 5.32 Å². The average Bonchev–Trinajstić information content (AvgIpc) is 3.05. The van der Waals surface area contributed by atoms with Crippen LogP contribution in [0.15, 0.2) is 61.2 Å². The Labute approximate surface area is 132 Å². The zero-order valence-corrected chi connectivity index (χ0v) is 12.4. The van der Waals surface area contributed by atoms with Crippen molar-refractivity contribution in [3.05, 3.63) is 71.8 Å². The van der Waals surface area contributed by atoms with Gasteiger partial charge in [-0.1, -0.05) is 23.7 Å². The van der Waals surface area contributed by atoms with Crippen molar-refractivity contribution in [3.63, 3.8) is 0 Å². The van der Waals surface area contributed by atoms with Crippen LogP contribution in [0.4, 0.5) is 5.69 Å².